The lowest BCUT2D eigenvalue weighted by Gasteiger charge is -2.29. The van der Waals surface area contributed by atoms with Gasteiger partial charge in [-0.25, -0.2) is 9.07 Å². The zero-order chi connectivity index (χ0) is 27.4. The van der Waals surface area contributed by atoms with Crippen LogP contribution >= 0.6 is 11.6 Å². The largest absolute Gasteiger partial charge is 0.381 e. The van der Waals surface area contributed by atoms with E-state index in [9.17, 15) is 9.50 Å². The standard InChI is InChI=1S/C32H30ClFN4O/c1-22(2)24-8-10-25(11-9-24)30-31(36-37-38(30)20-23-6-4-3-5-7-23)32(39,26-12-14-27(33)15-13-26)21-35-29-18-16-28(34)17-19-29/h3-19,22,35,39H,20-21H2,1-2H3. The second-order valence-electron chi connectivity index (χ2n) is 9.93. The molecule has 4 aromatic carbocycles. The minimum absolute atomic E-state index is 0.0708. The third kappa shape index (κ3) is 5.87. The maximum absolute atomic E-state index is 13.5. The first-order valence-electron chi connectivity index (χ1n) is 12.9. The van der Waals surface area contributed by atoms with E-state index in [1.54, 1.807) is 36.4 Å². The smallest absolute Gasteiger partial charge is 0.153 e. The Morgan fingerprint density at radius 1 is 0.897 bits per heavy atom. The summed E-state index contributed by atoms with van der Waals surface area (Å²) in [6.07, 6.45) is 0. The predicted octanol–water partition coefficient (Wildman–Crippen LogP) is 7.26. The highest BCUT2D eigenvalue weighted by atomic mass is 35.5. The van der Waals surface area contributed by atoms with Crippen LogP contribution in [0.1, 0.15) is 42.1 Å². The average molecular weight is 541 g/mol. The van der Waals surface area contributed by atoms with Gasteiger partial charge in [0, 0.05) is 16.3 Å². The van der Waals surface area contributed by atoms with E-state index < -0.39 is 5.60 Å². The average Bonchev–Trinajstić information content (AvgIpc) is 3.37. The minimum atomic E-state index is -1.58. The molecule has 0 aliphatic carbocycles. The molecule has 0 aliphatic rings. The molecule has 0 fully saturated rings. The van der Waals surface area contributed by atoms with Gasteiger partial charge >= 0.3 is 0 Å². The Bertz CT molecular complexity index is 1520. The van der Waals surface area contributed by atoms with Crippen molar-refractivity contribution in [1.82, 2.24) is 15.0 Å². The van der Waals surface area contributed by atoms with Crippen LogP contribution < -0.4 is 5.32 Å². The number of nitrogens with one attached hydrogen (secondary N) is 1. The number of rotatable bonds is 9. The van der Waals surface area contributed by atoms with E-state index in [-0.39, 0.29) is 12.4 Å². The third-order valence-corrected chi connectivity index (χ3v) is 7.12. The molecule has 198 valence electrons. The molecular formula is C32H30ClFN4O. The van der Waals surface area contributed by atoms with E-state index in [1.807, 2.05) is 35.0 Å². The summed E-state index contributed by atoms with van der Waals surface area (Å²) in [5, 5.41) is 25.3. The number of benzene rings is 4. The lowest BCUT2D eigenvalue weighted by molar-refractivity contribution is 0.0907. The highest BCUT2D eigenvalue weighted by molar-refractivity contribution is 6.30. The number of hydrogen-bond acceptors (Lipinski definition) is 4. The van der Waals surface area contributed by atoms with Gasteiger partial charge in [-0.05, 0) is 59.0 Å². The number of anilines is 1. The number of aromatic nitrogens is 3. The molecule has 5 rings (SSSR count). The van der Waals surface area contributed by atoms with Gasteiger partial charge in [0.15, 0.2) is 5.60 Å². The fraction of sp³-hybridized carbons (Fsp3) is 0.188. The van der Waals surface area contributed by atoms with Crippen molar-refractivity contribution in [2.24, 2.45) is 0 Å². The maximum atomic E-state index is 13.5. The summed E-state index contributed by atoms with van der Waals surface area (Å²) in [6.45, 7) is 4.86. The van der Waals surface area contributed by atoms with Gasteiger partial charge in [-0.15, -0.1) is 5.10 Å². The predicted molar refractivity (Wildman–Crippen MR) is 154 cm³/mol. The van der Waals surface area contributed by atoms with E-state index in [2.05, 4.69) is 53.7 Å². The van der Waals surface area contributed by atoms with E-state index in [0.29, 0.717) is 40.1 Å². The second-order valence-corrected chi connectivity index (χ2v) is 10.4. The number of halogens is 2. The first-order valence-corrected chi connectivity index (χ1v) is 13.3. The van der Waals surface area contributed by atoms with Crippen molar-refractivity contribution in [3.63, 3.8) is 0 Å². The van der Waals surface area contributed by atoms with E-state index in [4.69, 9.17) is 11.6 Å². The molecule has 0 bridgehead atoms. The summed E-state index contributed by atoms with van der Waals surface area (Å²) in [7, 11) is 0. The summed E-state index contributed by atoms with van der Waals surface area (Å²) >= 11 is 6.19. The quantitative estimate of drug-likeness (QED) is 0.206. The molecule has 2 N–H and O–H groups in total. The molecule has 0 saturated carbocycles. The molecule has 0 saturated heterocycles. The summed E-state index contributed by atoms with van der Waals surface area (Å²) in [4.78, 5) is 0. The Morgan fingerprint density at radius 2 is 1.56 bits per heavy atom. The van der Waals surface area contributed by atoms with Crippen LogP contribution in [0.5, 0.6) is 0 Å². The van der Waals surface area contributed by atoms with Gasteiger partial charge in [-0.1, -0.05) is 97.4 Å². The molecule has 1 aromatic heterocycles. The Hall–Kier alpha value is -4.00. The summed E-state index contributed by atoms with van der Waals surface area (Å²) < 4.78 is 15.3. The molecule has 7 heteroatoms. The molecule has 0 spiro atoms. The summed E-state index contributed by atoms with van der Waals surface area (Å²) in [5.41, 5.74) is 3.99. The molecule has 1 heterocycles. The third-order valence-electron chi connectivity index (χ3n) is 6.87. The first-order chi connectivity index (χ1) is 18.8. The van der Waals surface area contributed by atoms with Crippen LogP contribution in [-0.2, 0) is 12.1 Å². The second kappa shape index (κ2) is 11.4. The summed E-state index contributed by atoms with van der Waals surface area (Å²) in [6, 6.07) is 31.4. The van der Waals surface area contributed by atoms with Gasteiger partial charge in [0.05, 0.1) is 18.8 Å². The number of aliphatic hydroxyl groups is 1. The van der Waals surface area contributed by atoms with Crippen molar-refractivity contribution in [2.45, 2.75) is 31.9 Å². The van der Waals surface area contributed by atoms with Crippen molar-refractivity contribution >= 4 is 17.3 Å². The van der Waals surface area contributed by atoms with Crippen LogP contribution in [0.2, 0.25) is 5.02 Å². The van der Waals surface area contributed by atoms with Crippen molar-refractivity contribution in [1.29, 1.82) is 0 Å². The van der Waals surface area contributed by atoms with Crippen LogP contribution in [-0.4, -0.2) is 26.6 Å². The normalized spacial score (nSPS) is 12.9. The van der Waals surface area contributed by atoms with Crippen molar-refractivity contribution in [2.75, 3.05) is 11.9 Å². The van der Waals surface area contributed by atoms with Gasteiger partial charge in [0.1, 0.15) is 11.5 Å². The molecular weight excluding hydrogens is 511 g/mol. The van der Waals surface area contributed by atoms with Gasteiger partial charge in [0.25, 0.3) is 0 Å². The fourth-order valence-electron chi connectivity index (χ4n) is 4.62. The van der Waals surface area contributed by atoms with Gasteiger partial charge in [-0.2, -0.15) is 0 Å². The topological polar surface area (TPSA) is 63.0 Å². The van der Waals surface area contributed by atoms with Crippen molar-refractivity contribution in [3.05, 3.63) is 136 Å². The van der Waals surface area contributed by atoms with Crippen LogP contribution in [0, 0.1) is 5.82 Å². The van der Waals surface area contributed by atoms with Crippen LogP contribution in [0.15, 0.2) is 103 Å². The van der Waals surface area contributed by atoms with Crippen LogP contribution in [0.4, 0.5) is 10.1 Å². The monoisotopic (exact) mass is 540 g/mol. The molecule has 5 nitrogen and oxygen atoms in total. The molecule has 1 unspecified atom stereocenters. The van der Waals surface area contributed by atoms with E-state index in [1.165, 1.54) is 17.7 Å². The van der Waals surface area contributed by atoms with Crippen molar-refractivity contribution in [3.8, 4) is 11.3 Å². The zero-order valence-electron chi connectivity index (χ0n) is 21.9. The van der Waals surface area contributed by atoms with Crippen LogP contribution in [0.25, 0.3) is 11.3 Å². The molecule has 0 aliphatic heterocycles. The number of nitrogens with zero attached hydrogens (tertiary/aromatic N) is 3. The Balaban J connectivity index is 1.64. The molecule has 0 radical (unpaired) electrons. The highest BCUT2D eigenvalue weighted by Crippen LogP contribution is 2.37. The number of hydrogen-bond donors (Lipinski definition) is 2. The maximum Gasteiger partial charge on any atom is 0.153 e. The molecule has 1 atom stereocenters. The van der Waals surface area contributed by atoms with Crippen LogP contribution in [0.3, 0.4) is 0 Å². The van der Waals surface area contributed by atoms with Crippen molar-refractivity contribution < 1.29 is 9.50 Å². The SMILES string of the molecule is CC(C)c1ccc(-c2c(C(O)(CNc3ccc(F)cc3)c3ccc(Cl)cc3)nnn2Cc2ccccc2)cc1. The first kappa shape index (κ1) is 26.6. The van der Waals surface area contributed by atoms with Gasteiger partial charge in [-0.3, -0.25) is 0 Å². The fourth-order valence-corrected chi connectivity index (χ4v) is 4.74. The highest BCUT2D eigenvalue weighted by Gasteiger charge is 2.38. The minimum Gasteiger partial charge on any atom is -0.381 e. The summed E-state index contributed by atoms with van der Waals surface area (Å²) in [5.74, 6) is 0.0567. The van der Waals surface area contributed by atoms with E-state index >= 15 is 0 Å². The van der Waals surface area contributed by atoms with Gasteiger partial charge < -0.3 is 10.4 Å². The molecule has 0 amide bonds. The lowest BCUT2D eigenvalue weighted by Crippen LogP contribution is -2.36. The molecule has 39 heavy (non-hydrogen) atoms. The Morgan fingerprint density at radius 3 is 2.21 bits per heavy atom. The Labute approximate surface area is 232 Å². The lowest BCUT2D eigenvalue weighted by atomic mass is 9.87. The van der Waals surface area contributed by atoms with Gasteiger partial charge in [0.2, 0.25) is 0 Å². The molecule has 5 aromatic rings. The van der Waals surface area contributed by atoms with E-state index in [0.717, 1.165) is 11.1 Å². The Kier molecular flexibility index (Phi) is 7.77. The zero-order valence-corrected chi connectivity index (χ0v) is 22.6.